The van der Waals surface area contributed by atoms with E-state index >= 15 is 0 Å². The molecule has 3 aromatic rings. The Morgan fingerprint density at radius 1 is 0.800 bits per heavy atom. The van der Waals surface area contributed by atoms with Crippen molar-refractivity contribution < 1.29 is 14.3 Å². The highest BCUT2D eigenvalue weighted by Crippen LogP contribution is 2.44. The number of fused-ring (bicyclic) bond motifs is 2. The Kier molecular flexibility index (Phi) is 4.62. The van der Waals surface area contributed by atoms with Gasteiger partial charge in [-0.3, -0.25) is 4.79 Å². The second-order valence-electron chi connectivity index (χ2n) is 8.01. The van der Waals surface area contributed by atoms with Gasteiger partial charge in [0.15, 0.2) is 0 Å². The molecule has 0 bridgehead atoms. The van der Waals surface area contributed by atoms with Crippen LogP contribution in [0.1, 0.15) is 45.8 Å². The largest absolute Gasteiger partial charge is 0.450 e. The molecule has 4 heteroatoms. The number of rotatable bonds is 3. The van der Waals surface area contributed by atoms with Crippen LogP contribution >= 0.6 is 0 Å². The number of piperidine rings is 1. The molecule has 0 N–H and O–H groups in total. The highest BCUT2D eigenvalue weighted by molar-refractivity contribution is 5.95. The van der Waals surface area contributed by atoms with E-state index in [9.17, 15) is 9.59 Å². The predicted molar refractivity (Wildman–Crippen MR) is 114 cm³/mol. The molecule has 0 saturated carbocycles. The van der Waals surface area contributed by atoms with E-state index < -0.39 is 5.60 Å². The number of carbonyl (C=O) groups excluding carboxylic acids is 2. The molecule has 0 unspecified atom stereocenters. The van der Waals surface area contributed by atoms with Crippen LogP contribution in [0.25, 0.3) is 0 Å². The van der Waals surface area contributed by atoms with Crippen LogP contribution in [0, 0.1) is 0 Å². The Bertz CT molecular complexity index is 1030. The topological polar surface area (TPSA) is 46.6 Å². The number of carbonyl (C=O) groups is 2. The summed E-state index contributed by atoms with van der Waals surface area (Å²) >= 11 is 0. The van der Waals surface area contributed by atoms with E-state index in [1.807, 2.05) is 89.8 Å². The van der Waals surface area contributed by atoms with Crippen LogP contribution in [-0.4, -0.2) is 29.9 Å². The second kappa shape index (κ2) is 7.45. The van der Waals surface area contributed by atoms with E-state index in [1.165, 1.54) is 0 Å². The Balaban J connectivity index is 1.40. The molecule has 0 aromatic heterocycles. The van der Waals surface area contributed by atoms with Gasteiger partial charge in [0, 0.05) is 31.5 Å². The smallest absolute Gasteiger partial charge is 0.339 e. The third-order valence-corrected chi connectivity index (χ3v) is 6.32. The molecule has 3 aromatic carbocycles. The van der Waals surface area contributed by atoms with E-state index in [1.54, 1.807) is 0 Å². The van der Waals surface area contributed by atoms with Crippen molar-refractivity contribution >= 4 is 11.9 Å². The minimum atomic E-state index is -0.598. The average molecular weight is 397 g/mol. The first-order chi connectivity index (χ1) is 14.7. The molecular weight excluding hydrogens is 374 g/mol. The van der Waals surface area contributed by atoms with Crippen molar-refractivity contribution in [2.24, 2.45) is 0 Å². The Morgan fingerprint density at radius 2 is 1.33 bits per heavy atom. The van der Waals surface area contributed by atoms with E-state index in [-0.39, 0.29) is 17.8 Å². The normalized spacial score (nSPS) is 17.1. The van der Waals surface area contributed by atoms with Gasteiger partial charge in [0.05, 0.1) is 11.5 Å². The maximum Gasteiger partial charge on any atom is 0.339 e. The van der Waals surface area contributed by atoms with Crippen LogP contribution in [0.15, 0.2) is 84.9 Å². The second-order valence-corrected chi connectivity index (χ2v) is 8.01. The van der Waals surface area contributed by atoms with Gasteiger partial charge in [-0.1, -0.05) is 78.9 Å². The third-order valence-electron chi connectivity index (χ3n) is 6.32. The summed E-state index contributed by atoms with van der Waals surface area (Å²) in [6, 6.07) is 27.5. The van der Waals surface area contributed by atoms with Gasteiger partial charge in [-0.2, -0.15) is 0 Å². The summed E-state index contributed by atoms with van der Waals surface area (Å²) in [6.07, 6.45) is 1.25. The van der Waals surface area contributed by atoms with Crippen LogP contribution in [-0.2, 0) is 15.1 Å². The molecular formula is C26H23NO3. The fourth-order valence-corrected chi connectivity index (χ4v) is 4.76. The molecule has 1 saturated heterocycles. The van der Waals surface area contributed by atoms with Gasteiger partial charge in [0.2, 0.25) is 5.91 Å². The lowest BCUT2D eigenvalue weighted by Gasteiger charge is -2.39. The molecule has 4 nitrogen and oxygen atoms in total. The van der Waals surface area contributed by atoms with E-state index in [2.05, 4.69) is 0 Å². The van der Waals surface area contributed by atoms with E-state index in [4.69, 9.17) is 4.74 Å². The van der Waals surface area contributed by atoms with Gasteiger partial charge < -0.3 is 9.64 Å². The zero-order valence-electron chi connectivity index (χ0n) is 16.7. The molecule has 2 heterocycles. The highest BCUT2D eigenvalue weighted by Gasteiger charge is 2.48. The number of hydrogen-bond donors (Lipinski definition) is 0. The van der Waals surface area contributed by atoms with Crippen LogP contribution < -0.4 is 0 Å². The molecule has 0 atom stereocenters. The monoisotopic (exact) mass is 397 g/mol. The van der Waals surface area contributed by atoms with Crippen molar-refractivity contribution in [1.82, 2.24) is 4.90 Å². The van der Waals surface area contributed by atoms with Crippen molar-refractivity contribution in [3.8, 4) is 0 Å². The number of amides is 1. The quantitative estimate of drug-likeness (QED) is 0.611. The molecule has 1 amide bonds. The zero-order valence-corrected chi connectivity index (χ0v) is 16.7. The Hall–Kier alpha value is -3.40. The maximum atomic E-state index is 13.6. The van der Waals surface area contributed by atoms with Crippen molar-refractivity contribution in [2.45, 2.75) is 24.4 Å². The summed E-state index contributed by atoms with van der Waals surface area (Å²) in [5.41, 5.74) is 3.01. The van der Waals surface area contributed by atoms with Crippen molar-refractivity contribution in [2.75, 3.05) is 13.1 Å². The molecule has 1 spiro atoms. The first kappa shape index (κ1) is 18.6. The van der Waals surface area contributed by atoms with Gasteiger partial charge in [0.25, 0.3) is 0 Å². The predicted octanol–water partition coefficient (Wildman–Crippen LogP) is 4.51. The molecule has 150 valence electrons. The molecule has 30 heavy (non-hydrogen) atoms. The Labute approximate surface area is 176 Å². The number of likely N-dealkylation sites (tertiary alicyclic amines) is 1. The van der Waals surface area contributed by atoms with Crippen LogP contribution in [0.3, 0.4) is 0 Å². The van der Waals surface area contributed by atoms with Gasteiger partial charge >= 0.3 is 5.97 Å². The third kappa shape index (κ3) is 3.09. The average Bonchev–Trinajstić information content (AvgIpc) is 3.07. The number of nitrogens with zero attached hydrogens (tertiary/aromatic N) is 1. The van der Waals surface area contributed by atoms with Crippen molar-refractivity contribution in [3.63, 3.8) is 0 Å². The lowest BCUT2D eigenvalue weighted by atomic mass is 9.82. The number of esters is 1. The molecule has 0 radical (unpaired) electrons. The molecule has 2 aliphatic heterocycles. The molecule has 5 rings (SSSR count). The van der Waals surface area contributed by atoms with Crippen molar-refractivity contribution in [3.05, 3.63) is 107 Å². The number of hydrogen-bond acceptors (Lipinski definition) is 3. The van der Waals surface area contributed by atoms with Crippen molar-refractivity contribution in [1.29, 1.82) is 0 Å². The summed E-state index contributed by atoms with van der Waals surface area (Å²) in [5, 5.41) is 0. The van der Waals surface area contributed by atoms with Gasteiger partial charge in [-0.05, 0) is 17.2 Å². The van der Waals surface area contributed by atoms with E-state index in [0.717, 1.165) is 16.7 Å². The molecule has 2 aliphatic rings. The molecule has 1 fully saturated rings. The lowest BCUT2D eigenvalue weighted by molar-refractivity contribution is -0.136. The van der Waals surface area contributed by atoms with Crippen LogP contribution in [0.2, 0.25) is 0 Å². The summed E-state index contributed by atoms with van der Waals surface area (Å²) in [5.74, 6) is -0.489. The minimum Gasteiger partial charge on any atom is -0.450 e. The fourth-order valence-electron chi connectivity index (χ4n) is 4.76. The summed E-state index contributed by atoms with van der Waals surface area (Å²) in [4.78, 5) is 27.9. The maximum absolute atomic E-state index is 13.6. The van der Waals surface area contributed by atoms with Gasteiger partial charge in [0.1, 0.15) is 5.60 Å². The Morgan fingerprint density at radius 3 is 1.93 bits per heavy atom. The highest BCUT2D eigenvalue weighted by atomic mass is 16.6. The first-order valence-corrected chi connectivity index (χ1v) is 10.4. The van der Waals surface area contributed by atoms with E-state index in [0.29, 0.717) is 31.5 Å². The summed E-state index contributed by atoms with van der Waals surface area (Å²) < 4.78 is 5.84. The minimum absolute atomic E-state index is 0.0971. The lowest BCUT2D eigenvalue weighted by Crippen LogP contribution is -2.47. The first-order valence-electron chi connectivity index (χ1n) is 10.4. The zero-order chi connectivity index (χ0) is 20.6. The van der Waals surface area contributed by atoms with Gasteiger partial charge in [-0.25, -0.2) is 4.79 Å². The summed E-state index contributed by atoms with van der Waals surface area (Å²) in [7, 11) is 0. The SMILES string of the molecule is O=C1OC2(CCN(C(=O)C(c3ccccc3)c3ccccc3)CC2)c2ccccc21. The fraction of sp³-hybridized carbons (Fsp3) is 0.231. The molecule has 0 aliphatic carbocycles. The standard InChI is InChI=1S/C26H23NO3/c28-24(23(19-9-3-1-4-10-19)20-11-5-2-6-12-20)27-17-15-26(16-18-27)22-14-8-7-13-21(22)25(29)30-26/h1-14,23H,15-18H2. The number of ether oxygens (including phenoxy) is 1. The van der Waals surface area contributed by atoms with Crippen LogP contribution in [0.5, 0.6) is 0 Å². The van der Waals surface area contributed by atoms with Crippen LogP contribution in [0.4, 0.5) is 0 Å². The number of benzene rings is 3. The van der Waals surface area contributed by atoms with Gasteiger partial charge in [-0.15, -0.1) is 0 Å². The summed E-state index contributed by atoms with van der Waals surface area (Å²) in [6.45, 7) is 1.13.